The lowest BCUT2D eigenvalue weighted by Crippen LogP contribution is -2.45. The van der Waals surface area contributed by atoms with E-state index in [2.05, 4.69) is 20.2 Å². The molecular weight excluding hydrogens is 472 g/mol. The van der Waals surface area contributed by atoms with Gasteiger partial charge in [0, 0.05) is 45.0 Å². The number of carbonyl (C=O) groups excluding carboxylic acids is 2. The van der Waals surface area contributed by atoms with E-state index in [0.29, 0.717) is 44.2 Å². The monoisotopic (exact) mass is 512 g/mol. The first-order chi connectivity index (χ1) is 17.6. The Bertz CT molecular complexity index is 1240. The third-order valence-corrected chi connectivity index (χ3v) is 5.97. The first-order valence-electron chi connectivity index (χ1n) is 12.9. The van der Waals surface area contributed by atoms with Gasteiger partial charge in [0.1, 0.15) is 23.7 Å². The third kappa shape index (κ3) is 7.79. The number of unbranched alkanes of at least 4 members (excludes halogenated alkanes) is 3. The zero-order valence-electron chi connectivity index (χ0n) is 22.6. The van der Waals surface area contributed by atoms with Gasteiger partial charge in [-0.15, -0.1) is 0 Å². The van der Waals surface area contributed by atoms with Crippen LogP contribution in [0.2, 0.25) is 0 Å². The van der Waals surface area contributed by atoms with Gasteiger partial charge in [0.25, 0.3) is 0 Å². The number of hydrogen-bond donors (Lipinski definition) is 3. The summed E-state index contributed by atoms with van der Waals surface area (Å²) in [6.45, 7) is 11.6. The number of nitrogens with two attached hydrogens (primary N) is 1. The fourth-order valence-electron chi connectivity index (χ4n) is 4.45. The predicted octanol–water partition coefficient (Wildman–Crippen LogP) is 3.69. The lowest BCUT2D eigenvalue weighted by Gasteiger charge is -2.27. The Morgan fingerprint density at radius 3 is 2.54 bits per heavy atom. The number of nitrogens with zero attached hydrogens (tertiary/aromatic N) is 3. The predicted molar refractivity (Wildman–Crippen MR) is 145 cm³/mol. The van der Waals surface area contributed by atoms with E-state index < -0.39 is 5.54 Å². The van der Waals surface area contributed by atoms with Crippen molar-refractivity contribution in [2.75, 3.05) is 25.5 Å². The molecule has 0 aliphatic heterocycles. The van der Waals surface area contributed by atoms with E-state index in [0.717, 1.165) is 53.7 Å². The zero-order chi connectivity index (χ0) is 27.0. The van der Waals surface area contributed by atoms with Gasteiger partial charge in [-0.05, 0) is 45.7 Å². The highest BCUT2D eigenvalue weighted by molar-refractivity contribution is 6.07. The second-order valence-corrected chi connectivity index (χ2v) is 9.94. The number of nitrogens with one attached hydrogen (secondary N) is 2. The molecule has 3 aromatic rings. The van der Waals surface area contributed by atoms with Crippen molar-refractivity contribution in [3.05, 3.63) is 24.0 Å². The molecule has 3 rings (SSSR count). The zero-order valence-corrected chi connectivity index (χ0v) is 22.6. The van der Waals surface area contributed by atoms with Crippen molar-refractivity contribution in [2.45, 2.75) is 79.0 Å². The first-order valence-corrected chi connectivity index (χ1v) is 12.9. The molecule has 0 unspecified atom stereocenters. The molecule has 0 aliphatic carbocycles. The highest BCUT2D eigenvalue weighted by atomic mass is 16.5. The summed E-state index contributed by atoms with van der Waals surface area (Å²) in [6, 6.07) is 5.83. The molecule has 0 aliphatic rings. The molecule has 4 N–H and O–H groups in total. The summed E-state index contributed by atoms with van der Waals surface area (Å²) in [5, 5.41) is 6.73. The number of benzene rings is 1. The average molecular weight is 513 g/mol. The summed E-state index contributed by atoms with van der Waals surface area (Å²) in [7, 11) is 0. The molecule has 37 heavy (non-hydrogen) atoms. The quantitative estimate of drug-likeness (QED) is 0.281. The Morgan fingerprint density at radius 1 is 1.08 bits per heavy atom. The number of anilines is 1. The summed E-state index contributed by atoms with van der Waals surface area (Å²) >= 11 is 0. The van der Waals surface area contributed by atoms with E-state index in [9.17, 15) is 9.59 Å². The summed E-state index contributed by atoms with van der Waals surface area (Å²) in [6.07, 6.45) is 3.97. The SMILES string of the molecule is CCOCc1nc2c(N)nc3cc(OCCCCCCNC(C)=O)ccc3c2n1CC(C)(C)NC(C)=O. The van der Waals surface area contributed by atoms with Crippen LogP contribution in [0, 0.1) is 0 Å². The number of amides is 2. The number of nitrogen functional groups attached to an aromatic ring is 1. The smallest absolute Gasteiger partial charge is 0.217 e. The average Bonchev–Trinajstić information content (AvgIpc) is 3.16. The van der Waals surface area contributed by atoms with Crippen LogP contribution in [0.3, 0.4) is 0 Å². The summed E-state index contributed by atoms with van der Waals surface area (Å²) < 4.78 is 13.7. The normalized spacial score (nSPS) is 11.7. The topological polar surface area (TPSA) is 133 Å². The van der Waals surface area contributed by atoms with Gasteiger partial charge in [0.15, 0.2) is 5.82 Å². The van der Waals surface area contributed by atoms with Crippen molar-refractivity contribution in [1.82, 2.24) is 25.2 Å². The van der Waals surface area contributed by atoms with Crippen molar-refractivity contribution in [3.63, 3.8) is 0 Å². The van der Waals surface area contributed by atoms with E-state index in [1.807, 2.05) is 39.0 Å². The molecule has 0 spiro atoms. The molecule has 10 heteroatoms. The maximum absolute atomic E-state index is 11.8. The van der Waals surface area contributed by atoms with E-state index in [-0.39, 0.29) is 11.8 Å². The first kappa shape index (κ1) is 28.2. The molecular formula is C27H40N6O4. The van der Waals surface area contributed by atoms with Crippen LogP contribution in [-0.4, -0.2) is 51.6 Å². The Labute approximate surface area is 218 Å². The number of hydrogen-bond acceptors (Lipinski definition) is 7. The molecule has 0 saturated heterocycles. The molecule has 0 atom stereocenters. The van der Waals surface area contributed by atoms with E-state index in [4.69, 9.17) is 20.2 Å². The summed E-state index contributed by atoms with van der Waals surface area (Å²) in [5.41, 5.74) is 8.05. The van der Waals surface area contributed by atoms with Gasteiger partial charge in [-0.1, -0.05) is 12.8 Å². The maximum atomic E-state index is 11.8. The van der Waals surface area contributed by atoms with Crippen LogP contribution >= 0.6 is 0 Å². The van der Waals surface area contributed by atoms with Crippen LogP contribution in [0.5, 0.6) is 5.75 Å². The number of pyridine rings is 1. The molecule has 2 amide bonds. The molecule has 1 aromatic carbocycles. The lowest BCUT2D eigenvalue weighted by atomic mass is 10.1. The van der Waals surface area contributed by atoms with Crippen molar-refractivity contribution >= 4 is 39.6 Å². The van der Waals surface area contributed by atoms with Gasteiger partial charge in [0.05, 0.1) is 23.2 Å². The van der Waals surface area contributed by atoms with Crippen LogP contribution in [-0.2, 0) is 27.5 Å². The Morgan fingerprint density at radius 2 is 1.84 bits per heavy atom. The minimum absolute atomic E-state index is 0.0103. The van der Waals surface area contributed by atoms with Gasteiger partial charge in [-0.3, -0.25) is 9.59 Å². The van der Waals surface area contributed by atoms with Gasteiger partial charge >= 0.3 is 0 Å². The minimum Gasteiger partial charge on any atom is -0.494 e. The summed E-state index contributed by atoms with van der Waals surface area (Å²) in [5.74, 6) is 1.72. The minimum atomic E-state index is -0.518. The summed E-state index contributed by atoms with van der Waals surface area (Å²) in [4.78, 5) is 32.1. The van der Waals surface area contributed by atoms with E-state index in [1.165, 1.54) is 13.8 Å². The number of rotatable bonds is 14. The van der Waals surface area contributed by atoms with Crippen LogP contribution in [0.4, 0.5) is 5.82 Å². The number of carbonyl (C=O) groups is 2. The van der Waals surface area contributed by atoms with Gasteiger partial charge in [0.2, 0.25) is 11.8 Å². The number of ether oxygens (including phenoxy) is 2. The number of fused-ring (bicyclic) bond motifs is 3. The van der Waals surface area contributed by atoms with Gasteiger partial charge < -0.3 is 30.4 Å². The molecule has 0 fully saturated rings. The second-order valence-electron chi connectivity index (χ2n) is 9.94. The molecule has 0 bridgehead atoms. The lowest BCUT2D eigenvalue weighted by molar-refractivity contribution is -0.121. The molecule has 202 valence electrons. The van der Waals surface area contributed by atoms with Crippen molar-refractivity contribution < 1.29 is 19.1 Å². The Kier molecular flexibility index (Phi) is 9.68. The molecule has 0 radical (unpaired) electrons. The fraction of sp³-hybridized carbons (Fsp3) is 0.556. The van der Waals surface area contributed by atoms with Gasteiger partial charge in [-0.2, -0.15) is 0 Å². The van der Waals surface area contributed by atoms with Crippen molar-refractivity contribution in [3.8, 4) is 5.75 Å². The van der Waals surface area contributed by atoms with Crippen molar-refractivity contribution in [1.29, 1.82) is 0 Å². The van der Waals surface area contributed by atoms with Gasteiger partial charge in [-0.25, -0.2) is 9.97 Å². The highest BCUT2D eigenvalue weighted by Crippen LogP contribution is 2.32. The Hall–Kier alpha value is -3.40. The van der Waals surface area contributed by atoms with E-state index >= 15 is 0 Å². The maximum Gasteiger partial charge on any atom is 0.217 e. The standard InChI is InChI=1S/C27H40N6O4/c1-6-36-16-23-31-24-25(33(23)17-27(4,5)32-19(3)35)21-12-11-20(15-22(21)30-26(24)28)37-14-10-8-7-9-13-29-18(2)34/h11-12,15H,6-10,13-14,16-17H2,1-5H3,(H2,28,30)(H,29,34)(H,32,35). The second kappa shape index (κ2) is 12.7. The van der Waals surface area contributed by atoms with Crippen LogP contribution in [0.25, 0.3) is 21.9 Å². The van der Waals surface area contributed by atoms with Crippen LogP contribution in [0.1, 0.15) is 66.1 Å². The largest absolute Gasteiger partial charge is 0.494 e. The molecule has 2 aromatic heterocycles. The fourth-order valence-corrected chi connectivity index (χ4v) is 4.45. The van der Waals surface area contributed by atoms with Crippen LogP contribution < -0.4 is 21.1 Å². The highest BCUT2D eigenvalue weighted by Gasteiger charge is 2.25. The van der Waals surface area contributed by atoms with E-state index in [1.54, 1.807) is 0 Å². The number of imidazole rings is 1. The van der Waals surface area contributed by atoms with Crippen LogP contribution in [0.15, 0.2) is 18.2 Å². The number of aromatic nitrogens is 3. The molecule has 0 saturated carbocycles. The molecule has 2 heterocycles. The molecule has 10 nitrogen and oxygen atoms in total. The third-order valence-electron chi connectivity index (χ3n) is 5.97. The Balaban J connectivity index is 1.82. The van der Waals surface area contributed by atoms with Crippen molar-refractivity contribution in [2.24, 2.45) is 0 Å².